The molecule has 24 heavy (non-hydrogen) atoms. The molecule has 124 valence electrons. The highest BCUT2D eigenvalue weighted by Gasteiger charge is 2.47. The fourth-order valence-electron chi connectivity index (χ4n) is 3.67. The molecule has 0 saturated heterocycles. The largest absolute Gasteiger partial charge is 0.497 e. The Kier molecular flexibility index (Phi) is 3.79. The lowest BCUT2D eigenvalue weighted by Crippen LogP contribution is -2.35. The van der Waals surface area contributed by atoms with Crippen molar-refractivity contribution >= 4 is 5.91 Å². The highest BCUT2D eigenvalue weighted by Crippen LogP contribution is 2.50. The van der Waals surface area contributed by atoms with Gasteiger partial charge in [0.1, 0.15) is 5.75 Å². The monoisotopic (exact) mass is 321 g/mol. The summed E-state index contributed by atoms with van der Waals surface area (Å²) in [6.45, 7) is 0. The van der Waals surface area contributed by atoms with Crippen molar-refractivity contribution in [2.45, 2.75) is 37.1 Å². The normalized spacial score (nSPS) is 23.4. The topological polar surface area (TPSA) is 38.3 Å². The quantitative estimate of drug-likeness (QED) is 0.873. The van der Waals surface area contributed by atoms with Crippen LogP contribution in [0.5, 0.6) is 5.75 Å². The molecule has 0 aromatic heterocycles. The van der Waals surface area contributed by atoms with Crippen molar-refractivity contribution in [1.82, 2.24) is 5.32 Å². The van der Waals surface area contributed by atoms with E-state index in [9.17, 15) is 4.79 Å². The van der Waals surface area contributed by atoms with E-state index < -0.39 is 0 Å². The highest BCUT2D eigenvalue weighted by molar-refractivity contribution is 5.78. The van der Waals surface area contributed by atoms with Gasteiger partial charge in [0, 0.05) is 6.42 Å². The van der Waals surface area contributed by atoms with Crippen LogP contribution in [0, 0.1) is 5.92 Å². The van der Waals surface area contributed by atoms with E-state index in [2.05, 4.69) is 35.6 Å². The summed E-state index contributed by atoms with van der Waals surface area (Å²) >= 11 is 0. The molecule has 1 amide bonds. The number of ether oxygens (including phenoxy) is 1. The third kappa shape index (κ3) is 3.03. The van der Waals surface area contributed by atoms with Gasteiger partial charge in [-0.2, -0.15) is 0 Å². The summed E-state index contributed by atoms with van der Waals surface area (Å²) in [6, 6.07) is 18.6. The maximum atomic E-state index is 12.5. The van der Waals surface area contributed by atoms with Gasteiger partial charge in [-0.15, -0.1) is 0 Å². The van der Waals surface area contributed by atoms with E-state index >= 15 is 0 Å². The predicted octanol–water partition coefficient (Wildman–Crippen LogP) is 3.99. The number of amides is 1. The second-order valence-electron chi connectivity index (χ2n) is 7.08. The Bertz CT molecular complexity index is 737. The summed E-state index contributed by atoms with van der Waals surface area (Å²) in [5.41, 5.74) is 2.36. The van der Waals surface area contributed by atoms with Crippen LogP contribution in [0.4, 0.5) is 0 Å². The molecule has 3 nitrogen and oxygen atoms in total. The van der Waals surface area contributed by atoms with Gasteiger partial charge in [-0.25, -0.2) is 0 Å². The molecule has 0 bridgehead atoms. The molecule has 0 unspecified atom stereocenters. The van der Waals surface area contributed by atoms with E-state index in [0.717, 1.165) is 30.6 Å². The van der Waals surface area contributed by atoms with Gasteiger partial charge in [0.2, 0.25) is 5.91 Å². The second kappa shape index (κ2) is 5.97. The van der Waals surface area contributed by atoms with Crippen molar-refractivity contribution in [3.05, 3.63) is 65.7 Å². The van der Waals surface area contributed by atoms with Crippen molar-refractivity contribution < 1.29 is 9.53 Å². The Labute approximate surface area is 143 Å². The summed E-state index contributed by atoms with van der Waals surface area (Å²) in [5, 5.41) is 3.28. The van der Waals surface area contributed by atoms with Crippen LogP contribution in [0.2, 0.25) is 0 Å². The van der Waals surface area contributed by atoms with Gasteiger partial charge in [0.15, 0.2) is 0 Å². The number of benzene rings is 2. The van der Waals surface area contributed by atoms with E-state index in [0.29, 0.717) is 18.3 Å². The minimum Gasteiger partial charge on any atom is -0.497 e. The van der Waals surface area contributed by atoms with Crippen molar-refractivity contribution in [1.29, 1.82) is 0 Å². The Morgan fingerprint density at radius 3 is 2.67 bits per heavy atom. The average molecular weight is 321 g/mol. The maximum Gasteiger partial charge on any atom is 0.220 e. The van der Waals surface area contributed by atoms with E-state index in [4.69, 9.17) is 4.74 Å². The summed E-state index contributed by atoms with van der Waals surface area (Å²) in [4.78, 5) is 12.5. The first-order valence-corrected chi connectivity index (χ1v) is 8.71. The number of rotatable bonds is 6. The molecule has 2 aromatic rings. The fourth-order valence-corrected chi connectivity index (χ4v) is 3.67. The van der Waals surface area contributed by atoms with Crippen molar-refractivity contribution in [3.8, 4) is 5.75 Å². The van der Waals surface area contributed by atoms with Gasteiger partial charge < -0.3 is 10.1 Å². The molecule has 0 heterocycles. The lowest BCUT2D eigenvalue weighted by Gasteiger charge is -2.18. The summed E-state index contributed by atoms with van der Waals surface area (Å²) < 4.78 is 5.31. The smallest absolute Gasteiger partial charge is 0.220 e. The van der Waals surface area contributed by atoms with Crippen LogP contribution >= 0.6 is 0 Å². The Balaban J connectivity index is 1.37. The third-order valence-electron chi connectivity index (χ3n) is 5.35. The van der Waals surface area contributed by atoms with Crippen LogP contribution < -0.4 is 10.1 Å². The zero-order valence-electron chi connectivity index (χ0n) is 14.0. The molecule has 3 heteroatoms. The van der Waals surface area contributed by atoms with E-state index in [1.807, 2.05) is 24.3 Å². The number of nitrogens with one attached hydrogen (secondary N) is 1. The molecule has 1 N–H and O–H groups in total. The van der Waals surface area contributed by atoms with Crippen molar-refractivity contribution in [3.63, 3.8) is 0 Å². The Morgan fingerprint density at radius 1 is 1.17 bits per heavy atom. The third-order valence-corrected chi connectivity index (χ3v) is 5.35. The molecule has 2 fully saturated rings. The van der Waals surface area contributed by atoms with E-state index in [1.165, 1.54) is 5.56 Å². The molecular formula is C21H23NO2. The first kappa shape index (κ1) is 15.3. The van der Waals surface area contributed by atoms with Gasteiger partial charge in [-0.05, 0) is 54.4 Å². The van der Waals surface area contributed by atoms with Gasteiger partial charge in [-0.3, -0.25) is 4.79 Å². The molecule has 0 aliphatic heterocycles. The SMILES string of the molecule is COc1cccc(C2(NC(=O)C[C@@H]3C[C@H]3c3ccccc3)CC2)c1. The zero-order valence-corrected chi connectivity index (χ0v) is 14.0. The molecule has 0 radical (unpaired) electrons. The molecule has 2 atom stereocenters. The standard InChI is InChI=1S/C21H23NO2/c1-24-18-9-5-8-17(14-18)21(10-11-21)22-20(23)13-16-12-19(16)15-6-3-2-4-7-15/h2-9,14,16,19H,10-13H2,1H3,(H,22,23)/t16-,19-/m0/s1. The Hall–Kier alpha value is -2.29. The Morgan fingerprint density at radius 2 is 1.96 bits per heavy atom. The van der Waals surface area contributed by atoms with Gasteiger partial charge in [0.05, 0.1) is 12.6 Å². The average Bonchev–Trinajstić information content (AvgIpc) is 3.53. The van der Waals surface area contributed by atoms with E-state index in [1.54, 1.807) is 7.11 Å². The summed E-state index contributed by atoms with van der Waals surface area (Å²) in [7, 11) is 1.67. The molecule has 2 aliphatic carbocycles. The van der Waals surface area contributed by atoms with E-state index in [-0.39, 0.29) is 11.4 Å². The molecule has 4 rings (SSSR count). The first-order valence-electron chi connectivity index (χ1n) is 8.71. The van der Waals surface area contributed by atoms with Gasteiger partial charge in [-0.1, -0.05) is 42.5 Å². The number of methoxy groups -OCH3 is 1. The lowest BCUT2D eigenvalue weighted by molar-refractivity contribution is -0.122. The number of hydrogen-bond donors (Lipinski definition) is 1. The van der Waals surface area contributed by atoms with Crippen LogP contribution in [-0.4, -0.2) is 13.0 Å². The van der Waals surface area contributed by atoms with Crippen LogP contribution in [0.25, 0.3) is 0 Å². The number of hydrogen-bond acceptors (Lipinski definition) is 2. The van der Waals surface area contributed by atoms with Crippen LogP contribution in [0.15, 0.2) is 54.6 Å². The number of carbonyl (C=O) groups is 1. The predicted molar refractivity (Wildman–Crippen MR) is 94.0 cm³/mol. The molecule has 2 saturated carbocycles. The zero-order chi connectivity index (χ0) is 16.6. The minimum absolute atomic E-state index is 0.164. The fraction of sp³-hybridized carbons (Fsp3) is 0.381. The van der Waals surface area contributed by atoms with Crippen LogP contribution in [0.3, 0.4) is 0 Å². The van der Waals surface area contributed by atoms with Gasteiger partial charge in [0.25, 0.3) is 0 Å². The minimum atomic E-state index is -0.164. The highest BCUT2D eigenvalue weighted by atomic mass is 16.5. The molecule has 2 aliphatic rings. The summed E-state index contributed by atoms with van der Waals surface area (Å²) in [5.74, 6) is 2.08. The maximum absolute atomic E-state index is 12.5. The van der Waals surface area contributed by atoms with Crippen molar-refractivity contribution in [2.75, 3.05) is 7.11 Å². The second-order valence-corrected chi connectivity index (χ2v) is 7.08. The van der Waals surface area contributed by atoms with Crippen molar-refractivity contribution in [2.24, 2.45) is 5.92 Å². The summed E-state index contributed by atoms with van der Waals surface area (Å²) in [6.07, 6.45) is 3.78. The van der Waals surface area contributed by atoms with Gasteiger partial charge >= 0.3 is 0 Å². The van der Waals surface area contributed by atoms with Crippen LogP contribution in [-0.2, 0) is 10.3 Å². The molecule has 2 aromatic carbocycles. The van der Waals surface area contributed by atoms with Crippen LogP contribution in [0.1, 0.15) is 42.7 Å². The molecular weight excluding hydrogens is 298 g/mol. The number of carbonyl (C=O) groups excluding carboxylic acids is 1. The lowest BCUT2D eigenvalue weighted by atomic mass is 10.0. The molecule has 0 spiro atoms. The first-order chi connectivity index (χ1) is 11.7.